The van der Waals surface area contributed by atoms with E-state index in [1.165, 1.54) is 0 Å². The Balaban J connectivity index is 1.65. The van der Waals surface area contributed by atoms with Gasteiger partial charge in [0.2, 0.25) is 0 Å². The van der Waals surface area contributed by atoms with Crippen LogP contribution in [0.1, 0.15) is 57.4 Å². The number of anilines is 1. The molecule has 156 valence electrons. The summed E-state index contributed by atoms with van der Waals surface area (Å²) in [4.78, 5) is 12.6. The van der Waals surface area contributed by atoms with Crippen molar-refractivity contribution in [3.8, 4) is 5.75 Å². The molecule has 0 aromatic heterocycles. The van der Waals surface area contributed by atoms with E-state index >= 15 is 0 Å². The van der Waals surface area contributed by atoms with Gasteiger partial charge in [-0.15, -0.1) is 0 Å². The number of para-hydroxylation sites is 1. The second-order valence-electron chi connectivity index (χ2n) is 7.66. The Hall–Kier alpha value is -2.34. The molecule has 1 unspecified atom stereocenters. The fourth-order valence-corrected chi connectivity index (χ4v) is 5.62. The summed E-state index contributed by atoms with van der Waals surface area (Å²) in [6.45, 7) is 4.10. The summed E-state index contributed by atoms with van der Waals surface area (Å²) < 4.78 is 31.3. The molecule has 0 spiro atoms. The average molecular weight is 416 g/mol. The lowest BCUT2D eigenvalue weighted by Gasteiger charge is -2.16. The lowest BCUT2D eigenvalue weighted by atomic mass is 9.98. The molecule has 1 N–H and O–H groups in total. The van der Waals surface area contributed by atoms with Crippen LogP contribution in [0.3, 0.4) is 0 Å². The first-order valence-electron chi connectivity index (χ1n) is 10.3. The quantitative estimate of drug-likeness (QED) is 0.663. The van der Waals surface area contributed by atoms with E-state index in [-0.39, 0.29) is 22.7 Å². The highest BCUT2D eigenvalue weighted by Gasteiger charge is 2.30. The van der Waals surface area contributed by atoms with Crippen molar-refractivity contribution in [2.24, 2.45) is 0 Å². The molecule has 0 bridgehead atoms. The highest BCUT2D eigenvalue weighted by molar-refractivity contribution is 7.92. The van der Waals surface area contributed by atoms with Gasteiger partial charge in [0.1, 0.15) is 5.75 Å². The highest BCUT2D eigenvalue weighted by Crippen LogP contribution is 2.31. The topological polar surface area (TPSA) is 72.5 Å². The van der Waals surface area contributed by atoms with E-state index in [0.29, 0.717) is 30.2 Å². The number of carbonyl (C=O) groups excluding carboxylic acids is 1. The summed E-state index contributed by atoms with van der Waals surface area (Å²) in [5.74, 6) is 0.723. The van der Waals surface area contributed by atoms with Crippen LogP contribution in [0.2, 0.25) is 0 Å². The third kappa shape index (κ3) is 5.18. The molecule has 0 radical (unpaired) electrons. The SMILES string of the molecule is CCC(C)c1ccccc1OCC(=O)Nc1cccc(S(=O)(=O)C2CCCC2)c1. The van der Waals surface area contributed by atoms with Gasteiger partial charge in [-0.25, -0.2) is 8.42 Å². The van der Waals surface area contributed by atoms with Gasteiger partial charge in [-0.3, -0.25) is 4.79 Å². The molecule has 2 aromatic rings. The lowest BCUT2D eigenvalue weighted by Crippen LogP contribution is -2.21. The molecule has 0 heterocycles. The number of rotatable bonds is 8. The normalized spacial score (nSPS) is 15.8. The van der Waals surface area contributed by atoms with E-state index in [1.54, 1.807) is 24.3 Å². The Morgan fingerprint density at radius 3 is 2.59 bits per heavy atom. The smallest absolute Gasteiger partial charge is 0.262 e. The van der Waals surface area contributed by atoms with Crippen LogP contribution in [0.4, 0.5) is 5.69 Å². The van der Waals surface area contributed by atoms with Crippen LogP contribution in [-0.2, 0) is 14.6 Å². The maximum absolute atomic E-state index is 12.8. The Morgan fingerprint density at radius 1 is 1.14 bits per heavy atom. The number of hydrogen-bond donors (Lipinski definition) is 1. The van der Waals surface area contributed by atoms with Crippen molar-refractivity contribution in [2.75, 3.05) is 11.9 Å². The van der Waals surface area contributed by atoms with Crippen LogP contribution in [-0.4, -0.2) is 26.2 Å². The molecule has 29 heavy (non-hydrogen) atoms. The van der Waals surface area contributed by atoms with Crippen LogP contribution >= 0.6 is 0 Å². The van der Waals surface area contributed by atoms with Crippen molar-refractivity contribution in [3.05, 3.63) is 54.1 Å². The first-order chi connectivity index (χ1) is 13.9. The molecule has 1 aliphatic carbocycles. The van der Waals surface area contributed by atoms with Crippen LogP contribution in [0, 0.1) is 0 Å². The average Bonchev–Trinajstić information content (AvgIpc) is 3.28. The maximum atomic E-state index is 12.8. The van der Waals surface area contributed by atoms with Crippen molar-refractivity contribution < 1.29 is 17.9 Å². The lowest BCUT2D eigenvalue weighted by molar-refractivity contribution is -0.118. The van der Waals surface area contributed by atoms with Crippen molar-refractivity contribution in [3.63, 3.8) is 0 Å². The Morgan fingerprint density at radius 2 is 1.86 bits per heavy atom. The number of ether oxygens (including phenoxy) is 1. The highest BCUT2D eigenvalue weighted by atomic mass is 32.2. The zero-order valence-electron chi connectivity index (χ0n) is 17.1. The molecule has 1 atom stereocenters. The van der Waals surface area contributed by atoms with Crippen LogP contribution in [0.5, 0.6) is 5.75 Å². The molecular formula is C23H29NO4S. The monoisotopic (exact) mass is 415 g/mol. The molecule has 0 saturated heterocycles. The minimum atomic E-state index is -3.35. The maximum Gasteiger partial charge on any atom is 0.262 e. The summed E-state index contributed by atoms with van der Waals surface area (Å²) in [5.41, 5.74) is 1.54. The molecule has 1 amide bonds. The van der Waals surface area contributed by atoms with E-state index in [9.17, 15) is 13.2 Å². The number of sulfone groups is 1. The van der Waals surface area contributed by atoms with Crippen LogP contribution < -0.4 is 10.1 Å². The Kier molecular flexibility index (Phi) is 6.96. The van der Waals surface area contributed by atoms with Gasteiger partial charge >= 0.3 is 0 Å². The molecule has 1 fully saturated rings. The molecule has 1 aliphatic rings. The van der Waals surface area contributed by atoms with Crippen LogP contribution in [0.25, 0.3) is 0 Å². The minimum Gasteiger partial charge on any atom is -0.483 e. The van der Waals surface area contributed by atoms with E-state index in [2.05, 4.69) is 19.2 Å². The van der Waals surface area contributed by atoms with Gasteiger partial charge in [-0.05, 0) is 55.0 Å². The fourth-order valence-electron chi connectivity index (χ4n) is 3.72. The number of benzene rings is 2. The zero-order valence-corrected chi connectivity index (χ0v) is 17.9. The molecular weight excluding hydrogens is 386 g/mol. The van der Waals surface area contributed by atoms with Gasteiger partial charge in [0, 0.05) is 5.69 Å². The molecule has 0 aliphatic heterocycles. The molecule has 3 rings (SSSR count). The van der Waals surface area contributed by atoms with Crippen molar-refractivity contribution >= 4 is 21.4 Å². The molecule has 6 heteroatoms. The summed E-state index contributed by atoms with van der Waals surface area (Å²) in [5, 5.41) is 2.44. The van der Waals surface area contributed by atoms with Gasteiger partial charge in [0.25, 0.3) is 5.91 Å². The Bertz CT molecular complexity index is 949. The molecule has 5 nitrogen and oxygen atoms in total. The van der Waals surface area contributed by atoms with Crippen molar-refractivity contribution in [1.82, 2.24) is 0 Å². The van der Waals surface area contributed by atoms with Crippen molar-refractivity contribution in [2.45, 2.75) is 62.0 Å². The zero-order chi connectivity index (χ0) is 20.9. The van der Waals surface area contributed by atoms with Crippen LogP contribution in [0.15, 0.2) is 53.4 Å². The van der Waals surface area contributed by atoms with Gasteiger partial charge < -0.3 is 10.1 Å². The standard InChI is InChI=1S/C23H29NO4S/c1-3-17(2)21-13-6-7-14-22(21)28-16-23(25)24-18-9-8-12-20(15-18)29(26,27)19-10-4-5-11-19/h6-9,12-15,17,19H,3-5,10-11,16H2,1-2H3,(H,24,25). The number of nitrogens with one attached hydrogen (secondary N) is 1. The first-order valence-corrected chi connectivity index (χ1v) is 11.8. The summed E-state index contributed by atoms with van der Waals surface area (Å²) in [7, 11) is -3.35. The first kappa shape index (κ1) is 21.4. The summed E-state index contributed by atoms with van der Waals surface area (Å²) >= 11 is 0. The van der Waals surface area contributed by atoms with Gasteiger partial charge in [-0.2, -0.15) is 0 Å². The number of amides is 1. The Labute approximate surface area is 173 Å². The predicted octanol–water partition coefficient (Wildman–Crippen LogP) is 4.93. The molecule has 1 saturated carbocycles. The fraction of sp³-hybridized carbons (Fsp3) is 0.435. The largest absolute Gasteiger partial charge is 0.483 e. The second-order valence-corrected chi connectivity index (χ2v) is 9.89. The third-order valence-electron chi connectivity index (χ3n) is 5.61. The van der Waals surface area contributed by atoms with E-state index in [0.717, 1.165) is 24.8 Å². The summed E-state index contributed by atoms with van der Waals surface area (Å²) in [6.07, 6.45) is 4.31. The number of hydrogen-bond acceptors (Lipinski definition) is 4. The van der Waals surface area contributed by atoms with Gasteiger partial charge in [0.05, 0.1) is 10.1 Å². The minimum absolute atomic E-state index is 0.132. The second kappa shape index (κ2) is 9.44. The summed E-state index contributed by atoms with van der Waals surface area (Å²) in [6, 6.07) is 14.2. The van der Waals surface area contributed by atoms with E-state index in [1.807, 2.05) is 24.3 Å². The van der Waals surface area contributed by atoms with Gasteiger partial charge in [-0.1, -0.05) is 51.0 Å². The van der Waals surface area contributed by atoms with Crippen molar-refractivity contribution in [1.29, 1.82) is 0 Å². The van der Waals surface area contributed by atoms with Gasteiger partial charge in [0.15, 0.2) is 16.4 Å². The number of carbonyl (C=O) groups is 1. The van der Waals surface area contributed by atoms with E-state index < -0.39 is 9.84 Å². The predicted molar refractivity (Wildman–Crippen MR) is 115 cm³/mol. The van der Waals surface area contributed by atoms with E-state index in [4.69, 9.17) is 4.74 Å². The molecule has 2 aromatic carbocycles. The third-order valence-corrected chi connectivity index (χ3v) is 7.87.